The first kappa shape index (κ1) is 12.4. The molecule has 0 rings (SSSR count). The van der Waals surface area contributed by atoms with Crippen molar-refractivity contribution in [3.63, 3.8) is 0 Å². The summed E-state index contributed by atoms with van der Waals surface area (Å²) in [6, 6.07) is 1.94. The molecule has 76 valence electrons. The third-order valence-corrected chi connectivity index (χ3v) is 3.11. The third-order valence-electron chi connectivity index (χ3n) is 1.58. The summed E-state index contributed by atoms with van der Waals surface area (Å²) in [6.07, 6.45) is 1.39. The Morgan fingerprint density at radius 1 is 1.38 bits per heavy atom. The molecule has 13 heavy (non-hydrogen) atoms. The minimum Gasteiger partial charge on any atom is -0.212 e. The van der Waals surface area contributed by atoms with Gasteiger partial charge in [-0.25, -0.2) is 8.42 Å². The largest absolute Gasteiger partial charge is 0.212 e. The van der Waals surface area contributed by atoms with Gasteiger partial charge in [-0.2, -0.15) is 9.57 Å². The van der Waals surface area contributed by atoms with Gasteiger partial charge in [0.25, 0.3) is 0 Å². The summed E-state index contributed by atoms with van der Waals surface area (Å²) in [5.41, 5.74) is -0.454. The zero-order valence-corrected chi connectivity index (χ0v) is 9.35. The second kappa shape index (κ2) is 4.07. The number of hydrogen-bond donors (Lipinski definition) is 0. The molecule has 0 aromatic rings. The molecule has 0 bridgehead atoms. The number of hydrogen-bond acceptors (Lipinski definition) is 3. The summed E-state index contributed by atoms with van der Waals surface area (Å²) < 4.78 is 23.9. The van der Waals surface area contributed by atoms with Crippen LogP contribution in [-0.2, 0) is 10.0 Å². The highest BCUT2D eigenvalue weighted by atomic mass is 32.2. The molecule has 0 aromatic heterocycles. The highest BCUT2D eigenvalue weighted by molar-refractivity contribution is 7.88. The SMILES string of the molecule is CC(C)(C)N(CCC#N)S(C)(=O)=O. The lowest BCUT2D eigenvalue weighted by molar-refractivity contribution is 0.255. The van der Waals surface area contributed by atoms with Crippen LogP contribution in [0.1, 0.15) is 27.2 Å². The maximum atomic E-state index is 11.3. The lowest BCUT2D eigenvalue weighted by Gasteiger charge is -2.32. The zero-order chi connectivity index (χ0) is 10.7. The van der Waals surface area contributed by atoms with E-state index in [0.717, 1.165) is 6.26 Å². The van der Waals surface area contributed by atoms with Gasteiger partial charge in [0, 0.05) is 18.5 Å². The maximum Gasteiger partial charge on any atom is 0.211 e. The van der Waals surface area contributed by atoms with Crippen LogP contribution in [0, 0.1) is 11.3 Å². The van der Waals surface area contributed by atoms with Crippen molar-refractivity contribution in [2.75, 3.05) is 12.8 Å². The summed E-state index contributed by atoms with van der Waals surface area (Å²) in [7, 11) is -3.21. The van der Waals surface area contributed by atoms with Crippen LogP contribution >= 0.6 is 0 Å². The van der Waals surface area contributed by atoms with Crippen LogP contribution in [0.3, 0.4) is 0 Å². The van der Waals surface area contributed by atoms with Crippen molar-refractivity contribution in [2.24, 2.45) is 0 Å². The third kappa shape index (κ3) is 4.25. The minimum atomic E-state index is -3.21. The van der Waals surface area contributed by atoms with Gasteiger partial charge in [0.15, 0.2) is 0 Å². The topological polar surface area (TPSA) is 61.2 Å². The van der Waals surface area contributed by atoms with Crippen molar-refractivity contribution < 1.29 is 8.42 Å². The highest BCUT2D eigenvalue weighted by Crippen LogP contribution is 2.17. The van der Waals surface area contributed by atoms with E-state index in [1.54, 1.807) is 0 Å². The van der Waals surface area contributed by atoms with E-state index in [9.17, 15) is 8.42 Å². The lowest BCUT2D eigenvalue weighted by atomic mass is 10.1. The van der Waals surface area contributed by atoms with Crippen molar-refractivity contribution in [1.82, 2.24) is 4.31 Å². The second-order valence-corrected chi connectivity index (χ2v) is 5.82. The summed E-state index contributed by atoms with van der Waals surface area (Å²) in [5, 5.41) is 8.38. The molecule has 0 radical (unpaired) electrons. The maximum absolute atomic E-state index is 11.3. The van der Waals surface area contributed by atoms with Gasteiger partial charge >= 0.3 is 0 Å². The van der Waals surface area contributed by atoms with Gasteiger partial charge in [0.1, 0.15) is 0 Å². The molecule has 0 aromatic carbocycles. The number of nitriles is 1. The Kier molecular flexibility index (Phi) is 3.88. The van der Waals surface area contributed by atoms with Gasteiger partial charge in [0.05, 0.1) is 12.3 Å². The van der Waals surface area contributed by atoms with Gasteiger partial charge in [-0.1, -0.05) is 0 Å². The Bertz CT molecular complexity index is 295. The van der Waals surface area contributed by atoms with E-state index in [4.69, 9.17) is 5.26 Å². The highest BCUT2D eigenvalue weighted by Gasteiger charge is 2.28. The predicted molar refractivity (Wildman–Crippen MR) is 51.5 cm³/mol. The Labute approximate surface area is 80.2 Å². The van der Waals surface area contributed by atoms with Crippen LogP contribution in [0.25, 0.3) is 0 Å². The molecule has 0 aliphatic rings. The Morgan fingerprint density at radius 3 is 2.08 bits per heavy atom. The van der Waals surface area contributed by atoms with Crippen molar-refractivity contribution in [3.8, 4) is 6.07 Å². The van der Waals surface area contributed by atoms with Crippen LogP contribution in [0.5, 0.6) is 0 Å². The summed E-state index contributed by atoms with van der Waals surface area (Å²) in [5.74, 6) is 0. The van der Waals surface area contributed by atoms with Crippen LogP contribution in [-0.4, -0.2) is 31.1 Å². The van der Waals surface area contributed by atoms with Crippen molar-refractivity contribution in [3.05, 3.63) is 0 Å². The number of sulfonamides is 1. The molecule has 0 heterocycles. The van der Waals surface area contributed by atoms with Crippen LogP contribution < -0.4 is 0 Å². The molecule has 0 N–H and O–H groups in total. The zero-order valence-electron chi connectivity index (χ0n) is 8.53. The molecule has 0 saturated heterocycles. The fourth-order valence-corrected chi connectivity index (χ4v) is 2.57. The number of rotatable bonds is 3. The average Bonchev–Trinajstić information content (AvgIpc) is 1.81. The molecule has 0 aliphatic carbocycles. The monoisotopic (exact) mass is 204 g/mol. The van der Waals surface area contributed by atoms with Gasteiger partial charge < -0.3 is 0 Å². The van der Waals surface area contributed by atoms with Crippen LogP contribution in [0.15, 0.2) is 0 Å². The molecule has 0 spiro atoms. The molecule has 0 amide bonds. The summed E-state index contributed by atoms with van der Waals surface area (Å²) in [6.45, 7) is 5.70. The van der Waals surface area contributed by atoms with Gasteiger partial charge in [-0.15, -0.1) is 0 Å². The quantitative estimate of drug-likeness (QED) is 0.688. The van der Waals surface area contributed by atoms with Crippen LogP contribution in [0.2, 0.25) is 0 Å². The minimum absolute atomic E-state index is 0.227. The summed E-state index contributed by atoms with van der Waals surface area (Å²) in [4.78, 5) is 0. The number of nitrogens with zero attached hydrogens (tertiary/aromatic N) is 2. The van der Waals surface area contributed by atoms with Crippen molar-refractivity contribution in [1.29, 1.82) is 5.26 Å². The Morgan fingerprint density at radius 2 is 1.85 bits per heavy atom. The molecule has 0 unspecified atom stereocenters. The molecule has 4 nitrogen and oxygen atoms in total. The van der Waals surface area contributed by atoms with Gasteiger partial charge in [-0.3, -0.25) is 0 Å². The van der Waals surface area contributed by atoms with E-state index in [1.807, 2.05) is 26.8 Å². The van der Waals surface area contributed by atoms with E-state index in [2.05, 4.69) is 0 Å². The first-order chi connectivity index (χ1) is 5.69. The van der Waals surface area contributed by atoms with Crippen molar-refractivity contribution >= 4 is 10.0 Å². The van der Waals surface area contributed by atoms with E-state index >= 15 is 0 Å². The lowest BCUT2D eigenvalue weighted by Crippen LogP contribution is -2.45. The van der Waals surface area contributed by atoms with E-state index in [-0.39, 0.29) is 13.0 Å². The predicted octanol–water partition coefficient (Wildman–Crippen LogP) is 0.960. The molecule has 0 fully saturated rings. The Hall–Kier alpha value is -0.600. The van der Waals surface area contributed by atoms with Crippen molar-refractivity contribution in [2.45, 2.75) is 32.7 Å². The fraction of sp³-hybridized carbons (Fsp3) is 0.875. The Balaban J connectivity index is 4.71. The second-order valence-electron chi connectivity index (χ2n) is 3.91. The normalized spacial score (nSPS) is 12.9. The first-order valence-electron chi connectivity index (χ1n) is 4.04. The molecule has 0 aliphatic heterocycles. The summed E-state index contributed by atoms with van der Waals surface area (Å²) >= 11 is 0. The van der Waals surface area contributed by atoms with Gasteiger partial charge in [0.2, 0.25) is 10.0 Å². The smallest absolute Gasteiger partial charge is 0.211 e. The van der Waals surface area contributed by atoms with E-state index in [1.165, 1.54) is 4.31 Å². The average molecular weight is 204 g/mol. The van der Waals surface area contributed by atoms with E-state index < -0.39 is 15.6 Å². The van der Waals surface area contributed by atoms with Crippen LogP contribution in [0.4, 0.5) is 0 Å². The molecular weight excluding hydrogens is 188 g/mol. The fourth-order valence-electron chi connectivity index (χ4n) is 1.15. The standard InChI is InChI=1S/C8H16N2O2S/c1-8(2,3)10(7-5-6-9)13(4,11)12/h5,7H2,1-4H3. The molecule has 5 heteroatoms. The molecule has 0 saturated carbocycles. The first-order valence-corrected chi connectivity index (χ1v) is 5.89. The molecule has 0 atom stereocenters. The molecular formula is C8H16N2O2S. The van der Waals surface area contributed by atoms with E-state index in [0.29, 0.717) is 0 Å². The van der Waals surface area contributed by atoms with Gasteiger partial charge in [-0.05, 0) is 20.8 Å².